The maximum absolute atomic E-state index is 11.2. The molecule has 5 heteroatoms. The van der Waals surface area contributed by atoms with Crippen LogP contribution in [0.5, 0.6) is 0 Å². The lowest BCUT2D eigenvalue weighted by molar-refractivity contribution is -0.174. The van der Waals surface area contributed by atoms with Crippen molar-refractivity contribution in [1.29, 1.82) is 0 Å². The van der Waals surface area contributed by atoms with Crippen LogP contribution >= 0.6 is 0 Å². The molecule has 0 amide bonds. The minimum atomic E-state index is -1.08. The van der Waals surface area contributed by atoms with E-state index < -0.39 is 23.6 Å². The van der Waals surface area contributed by atoms with Crippen molar-refractivity contribution in [2.24, 2.45) is 0 Å². The first-order valence-electron chi connectivity index (χ1n) is 4.15. The van der Waals surface area contributed by atoms with Crippen molar-refractivity contribution < 1.29 is 23.9 Å². The number of ether oxygens (including phenoxy) is 2. The molecule has 0 rings (SSSR count). The van der Waals surface area contributed by atoms with Crippen LogP contribution in [0.2, 0.25) is 0 Å². The first kappa shape index (κ1) is 12.6. The third kappa shape index (κ3) is 5.29. The minimum Gasteiger partial charge on any atom is -0.457 e. The molecule has 0 spiro atoms. The van der Waals surface area contributed by atoms with Crippen molar-refractivity contribution in [3.8, 4) is 0 Å². The average Bonchev–Trinajstić information content (AvgIpc) is 2.00. The zero-order valence-corrected chi connectivity index (χ0v) is 8.70. The summed E-state index contributed by atoms with van der Waals surface area (Å²) in [6, 6.07) is 0. The number of rotatable bonds is 3. The van der Waals surface area contributed by atoms with Gasteiger partial charge in [0.2, 0.25) is 6.29 Å². The molecule has 5 nitrogen and oxygen atoms in total. The number of hydrogen-bond donors (Lipinski definition) is 0. The van der Waals surface area contributed by atoms with Gasteiger partial charge in [0.05, 0.1) is 0 Å². The highest BCUT2D eigenvalue weighted by molar-refractivity contribution is 6.20. The van der Waals surface area contributed by atoms with Gasteiger partial charge >= 0.3 is 11.9 Å². The van der Waals surface area contributed by atoms with Crippen LogP contribution in [0.25, 0.3) is 0 Å². The van der Waals surface area contributed by atoms with Gasteiger partial charge in [-0.05, 0) is 27.7 Å². The van der Waals surface area contributed by atoms with Crippen molar-refractivity contribution in [2.45, 2.75) is 39.4 Å². The Morgan fingerprint density at radius 1 is 1.29 bits per heavy atom. The van der Waals surface area contributed by atoms with Crippen LogP contribution in [0.4, 0.5) is 0 Å². The van der Waals surface area contributed by atoms with Crippen LogP contribution in [0.3, 0.4) is 0 Å². The Morgan fingerprint density at radius 2 is 1.79 bits per heavy atom. The van der Waals surface area contributed by atoms with Gasteiger partial charge in [-0.1, -0.05) is 0 Å². The van der Waals surface area contributed by atoms with Crippen molar-refractivity contribution in [3.63, 3.8) is 0 Å². The molecule has 0 aliphatic carbocycles. The summed E-state index contributed by atoms with van der Waals surface area (Å²) in [5.41, 5.74) is -0.640. The second-order valence-electron chi connectivity index (χ2n) is 3.73. The van der Waals surface area contributed by atoms with E-state index in [-0.39, 0.29) is 6.29 Å². The van der Waals surface area contributed by atoms with E-state index in [1.54, 1.807) is 20.8 Å². The normalized spacial score (nSPS) is 12.9. The summed E-state index contributed by atoms with van der Waals surface area (Å²) in [7, 11) is 0. The molecule has 0 aromatic carbocycles. The molecule has 1 atom stereocenters. The second-order valence-corrected chi connectivity index (χ2v) is 3.73. The van der Waals surface area contributed by atoms with Crippen LogP contribution in [0.1, 0.15) is 27.7 Å². The lowest BCUT2D eigenvalue weighted by atomic mass is 10.2. The van der Waals surface area contributed by atoms with Gasteiger partial charge in [-0.25, -0.2) is 9.59 Å². The predicted molar refractivity (Wildman–Crippen MR) is 47.5 cm³/mol. The van der Waals surface area contributed by atoms with Gasteiger partial charge in [0.25, 0.3) is 0 Å². The Labute approximate surface area is 82.4 Å². The highest BCUT2D eigenvalue weighted by Gasteiger charge is 2.24. The van der Waals surface area contributed by atoms with Gasteiger partial charge in [-0.3, -0.25) is 4.79 Å². The highest BCUT2D eigenvalue weighted by atomic mass is 16.6. The predicted octanol–water partition coefficient (Wildman–Crippen LogP) is 0.459. The van der Waals surface area contributed by atoms with E-state index in [1.165, 1.54) is 6.92 Å². The van der Waals surface area contributed by atoms with Crippen LogP contribution in [-0.4, -0.2) is 29.9 Å². The molecule has 0 saturated carbocycles. The van der Waals surface area contributed by atoms with Gasteiger partial charge in [0.15, 0.2) is 6.10 Å². The standard InChI is InChI=1S/C9H14O5/c1-6(13-7(11)5-10)8(12)14-9(2,3)4/h5-6H,1-4H3/t6-/m1/s1. The van der Waals surface area contributed by atoms with E-state index in [0.717, 1.165) is 0 Å². The first-order valence-corrected chi connectivity index (χ1v) is 4.15. The van der Waals surface area contributed by atoms with Gasteiger partial charge in [-0.2, -0.15) is 0 Å². The monoisotopic (exact) mass is 202 g/mol. The summed E-state index contributed by atoms with van der Waals surface area (Å²) in [6.45, 7) is 6.42. The quantitative estimate of drug-likeness (QED) is 0.377. The summed E-state index contributed by atoms with van der Waals surface area (Å²) >= 11 is 0. The summed E-state index contributed by atoms with van der Waals surface area (Å²) in [5, 5.41) is 0. The molecule has 0 saturated heterocycles. The third-order valence-corrected chi connectivity index (χ3v) is 1.13. The van der Waals surface area contributed by atoms with E-state index >= 15 is 0 Å². The molecule has 0 aromatic heterocycles. The Bertz CT molecular complexity index is 238. The van der Waals surface area contributed by atoms with E-state index in [1.807, 2.05) is 0 Å². The molecule has 0 N–H and O–H groups in total. The lowest BCUT2D eigenvalue weighted by Gasteiger charge is -2.21. The van der Waals surface area contributed by atoms with Gasteiger partial charge in [0.1, 0.15) is 5.60 Å². The summed E-state index contributed by atoms with van der Waals surface area (Å²) in [4.78, 5) is 31.6. The fourth-order valence-electron chi connectivity index (χ4n) is 0.635. The molecule has 0 aliphatic rings. The zero-order chi connectivity index (χ0) is 11.4. The fourth-order valence-corrected chi connectivity index (χ4v) is 0.635. The topological polar surface area (TPSA) is 69.7 Å². The molecule has 0 unspecified atom stereocenters. The van der Waals surface area contributed by atoms with Gasteiger partial charge in [0, 0.05) is 0 Å². The molecular formula is C9H14O5. The van der Waals surface area contributed by atoms with Crippen molar-refractivity contribution in [3.05, 3.63) is 0 Å². The molecule has 0 aromatic rings. The molecule has 80 valence electrons. The van der Waals surface area contributed by atoms with E-state index in [0.29, 0.717) is 0 Å². The SMILES string of the molecule is C[C@@H](OC(=O)C=O)C(=O)OC(C)(C)C. The summed E-state index contributed by atoms with van der Waals surface area (Å²) in [5.74, 6) is -1.75. The Kier molecular flexibility index (Phi) is 4.27. The molecule has 0 radical (unpaired) electrons. The first-order chi connectivity index (χ1) is 6.26. The Morgan fingerprint density at radius 3 is 2.14 bits per heavy atom. The number of esters is 2. The number of hydrogen-bond acceptors (Lipinski definition) is 5. The second kappa shape index (κ2) is 4.74. The summed E-state index contributed by atoms with van der Waals surface area (Å²) < 4.78 is 9.34. The lowest BCUT2D eigenvalue weighted by Crippen LogP contribution is -2.33. The number of aldehydes is 1. The fraction of sp³-hybridized carbons (Fsp3) is 0.667. The molecule has 0 aliphatic heterocycles. The number of carbonyl (C=O) groups excluding carboxylic acids is 3. The van der Waals surface area contributed by atoms with Crippen molar-refractivity contribution in [2.75, 3.05) is 0 Å². The largest absolute Gasteiger partial charge is 0.457 e. The maximum atomic E-state index is 11.2. The molecule has 0 heterocycles. The minimum absolute atomic E-state index is 0.000862. The van der Waals surface area contributed by atoms with Crippen molar-refractivity contribution >= 4 is 18.2 Å². The van der Waals surface area contributed by atoms with Gasteiger partial charge < -0.3 is 9.47 Å². The van der Waals surface area contributed by atoms with Crippen LogP contribution in [0.15, 0.2) is 0 Å². The third-order valence-electron chi connectivity index (χ3n) is 1.13. The molecular weight excluding hydrogens is 188 g/mol. The van der Waals surface area contributed by atoms with Crippen LogP contribution in [0, 0.1) is 0 Å². The average molecular weight is 202 g/mol. The maximum Gasteiger partial charge on any atom is 0.372 e. The van der Waals surface area contributed by atoms with E-state index in [9.17, 15) is 14.4 Å². The zero-order valence-electron chi connectivity index (χ0n) is 8.70. The highest BCUT2D eigenvalue weighted by Crippen LogP contribution is 2.09. The van der Waals surface area contributed by atoms with E-state index in [4.69, 9.17) is 4.74 Å². The van der Waals surface area contributed by atoms with Gasteiger partial charge in [-0.15, -0.1) is 0 Å². The van der Waals surface area contributed by atoms with Crippen LogP contribution in [-0.2, 0) is 23.9 Å². The Balaban J connectivity index is 4.13. The van der Waals surface area contributed by atoms with E-state index in [2.05, 4.69) is 4.74 Å². The summed E-state index contributed by atoms with van der Waals surface area (Å²) in [6.07, 6.45) is -1.06. The molecule has 0 bridgehead atoms. The smallest absolute Gasteiger partial charge is 0.372 e. The molecule has 14 heavy (non-hydrogen) atoms. The van der Waals surface area contributed by atoms with Crippen LogP contribution < -0.4 is 0 Å². The molecule has 0 fully saturated rings. The van der Waals surface area contributed by atoms with Crippen molar-refractivity contribution in [1.82, 2.24) is 0 Å². The number of carbonyl (C=O) groups is 3. The Hall–Kier alpha value is -1.39.